The van der Waals surface area contributed by atoms with Crippen LogP contribution in [0.5, 0.6) is 5.75 Å². The van der Waals surface area contributed by atoms with Crippen molar-refractivity contribution in [2.45, 2.75) is 45.6 Å². The lowest BCUT2D eigenvalue weighted by Crippen LogP contribution is -2.42. The minimum Gasteiger partial charge on any atom is -0.492 e. The number of rotatable bonds is 5. The van der Waals surface area contributed by atoms with E-state index in [9.17, 15) is 4.79 Å². The molecule has 0 saturated heterocycles. The average molecular weight is 311 g/mol. The van der Waals surface area contributed by atoms with Gasteiger partial charge in [-0.2, -0.15) is 0 Å². The number of hydrogen-bond acceptors (Lipinski definition) is 2. The van der Waals surface area contributed by atoms with Gasteiger partial charge in [0.2, 0.25) is 0 Å². The Balaban J connectivity index is 1.68. The van der Waals surface area contributed by atoms with E-state index in [2.05, 4.69) is 10.6 Å². The quantitative estimate of drug-likeness (QED) is 0.817. The number of amides is 2. The fraction of sp³-hybridized carbons (Fsp3) is 0.562. The zero-order valence-electron chi connectivity index (χ0n) is 12.7. The minimum atomic E-state index is -0.103. The monoisotopic (exact) mass is 310 g/mol. The van der Waals surface area contributed by atoms with Gasteiger partial charge in [0.05, 0.1) is 6.54 Å². The number of carbonyl (C=O) groups is 1. The van der Waals surface area contributed by atoms with Gasteiger partial charge in [-0.05, 0) is 49.9 Å². The van der Waals surface area contributed by atoms with Crippen LogP contribution in [-0.2, 0) is 0 Å². The normalized spacial score (nSPS) is 15.0. The van der Waals surface area contributed by atoms with Gasteiger partial charge in [-0.15, -0.1) is 0 Å². The highest BCUT2D eigenvalue weighted by Crippen LogP contribution is 2.25. The number of aryl methyl sites for hydroxylation is 2. The molecule has 0 aromatic heterocycles. The van der Waals surface area contributed by atoms with Gasteiger partial charge in [0.15, 0.2) is 0 Å². The molecule has 116 valence electrons. The average Bonchev–Trinajstić information content (AvgIpc) is 2.93. The van der Waals surface area contributed by atoms with E-state index in [0.717, 1.165) is 34.7 Å². The van der Waals surface area contributed by atoms with Crippen molar-refractivity contribution in [1.82, 2.24) is 10.6 Å². The summed E-state index contributed by atoms with van der Waals surface area (Å²) in [7, 11) is 0. The second kappa shape index (κ2) is 7.55. The van der Waals surface area contributed by atoms with Crippen molar-refractivity contribution in [3.8, 4) is 5.75 Å². The van der Waals surface area contributed by atoms with E-state index < -0.39 is 0 Å². The Labute approximate surface area is 131 Å². The third kappa shape index (κ3) is 4.81. The Hall–Kier alpha value is -1.42. The highest BCUT2D eigenvalue weighted by atomic mass is 35.5. The molecule has 2 N–H and O–H groups in total. The first-order valence-electron chi connectivity index (χ1n) is 7.50. The predicted molar refractivity (Wildman–Crippen MR) is 85.2 cm³/mol. The fourth-order valence-corrected chi connectivity index (χ4v) is 2.74. The third-order valence-electron chi connectivity index (χ3n) is 3.76. The predicted octanol–water partition coefficient (Wildman–Crippen LogP) is 3.58. The van der Waals surface area contributed by atoms with E-state index in [1.807, 2.05) is 26.0 Å². The zero-order chi connectivity index (χ0) is 15.2. The molecule has 1 aliphatic rings. The molecule has 0 bridgehead atoms. The standard InChI is InChI=1S/C16H23ClN2O2/c1-11-9-14(10-12(2)15(11)17)21-8-7-18-16(20)19-13-5-3-4-6-13/h9-10,13H,3-8H2,1-2H3,(H2,18,19,20). The van der Waals surface area contributed by atoms with Gasteiger partial charge in [-0.1, -0.05) is 24.4 Å². The molecule has 2 amide bonds. The number of urea groups is 1. The van der Waals surface area contributed by atoms with E-state index >= 15 is 0 Å². The van der Waals surface area contributed by atoms with Crippen molar-refractivity contribution < 1.29 is 9.53 Å². The van der Waals surface area contributed by atoms with Crippen LogP contribution in [0.25, 0.3) is 0 Å². The lowest BCUT2D eigenvalue weighted by Gasteiger charge is -2.14. The van der Waals surface area contributed by atoms with Gasteiger partial charge >= 0.3 is 6.03 Å². The van der Waals surface area contributed by atoms with E-state index in [1.165, 1.54) is 12.8 Å². The largest absolute Gasteiger partial charge is 0.492 e. The molecule has 0 spiro atoms. The zero-order valence-corrected chi connectivity index (χ0v) is 13.4. The van der Waals surface area contributed by atoms with Crippen molar-refractivity contribution in [2.24, 2.45) is 0 Å². The van der Waals surface area contributed by atoms with Crippen LogP contribution in [-0.4, -0.2) is 25.2 Å². The van der Waals surface area contributed by atoms with Crippen LogP contribution in [0.4, 0.5) is 4.79 Å². The Morgan fingerprint density at radius 1 is 1.29 bits per heavy atom. The van der Waals surface area contributed by atoms with Gasteiger partial charge in [-0.25, -0.2) is 4.79 Å². The van der Waals surface area contributed by atoms with E-state index in [0.29, 0.717) is 19.2 Å². The van der Waals surface area contributed by atoms with Crippen LogP contribution in [0.15, 0.2) is 12.1 Å². The van der Waals surface area contributed by atoms with Gasteiger partial charge in [0.1, 0.15) is 12.4 Å². The summed E-state index contributed by atoms with van der Waals surface area (Å²) in [5.41, 5.74) is 2.00. The van der Waals surface area contributed by atoms with E-state index in [1.54, 1.807) is 0 Å². The number of carbonyl (C=O) groups excluding carboxylic acids is 1. The fourth-order valence-electron chi connectivity index (χ4n) is 2.63. The van der Waals surface area contributed by atoms with Crippen LogP contribution in [0, 0.1) is 13.8 Å². The molecule has 0 aliphatic heterocycles. The topological polar surface area (TPSA) is 50.4 Å². The highest BCUT2D eigenvalue weighted by molar-refractivity contribution is 6.32. The van der Waals surface area contributed by atoms with E-state index in [4.69, 9.17) is 16.3 Å². The molecule has 0 radical (unpaired) electrons. The summed E-state index contributed by atoms with van der Waals surface area (Å²) < 4.78 is 5.64. The second-order valence-corrected chi connectivity index (χ2v) is 5.98. The van der Waals surface area contributed by atoms with Crippen LogP contribution in [0.1, 0.15) is 36.8 Å². The van der Waals surface area contributed by atoms with Gasteiger partial charge in [-0.3, -0.25) is 0 Å². The molecule has 1 fully saturated rings. The second-order valence-electron chi connectivity index (χ2n) is 5.60. The first-order valence-corrected chi connectivity index (χ1v) is 7.88. The van der Waals surface area contributed by atoms with Crippen LogP contribution >= 0.6 is 11.6 Å². The molecular formula is C16H23ClN2O2. The number of hydrogen-bond donors (Lipinski definition) is 2. The third-order valence-corrected chi connectivity index (χ3v) is 4.35. The smallest absolute Gasteiger partial charge is 0.315 e. The Morgan fingerprint density at radius 2 is 1.90 bits per heavy atom. The Bertz CT molecular complexity index is 476. The number of benzene rings is 1. The number of ether oxygens (including phenoxy) is 1. The van der Waals surface area contributed by atoms with Crippen LogP contribution in [0.2, 0.25) is 5.02 Å². The number of halogens is 1. The Morgan fingerprint density at radius 3 is 2.52 bits per heavy atom. The maximum atomic E-state index is 11.7. The van der Waals surface area contributed by atoms with Crippen molar-refractivity contribution in [2.75, 3.05) is 13.2 Å². The Kier molecular flexibility index (Phi) is 5.74. The summed E-state index contributed by atoms with van der Waals surface area (Å²) in [4.78, 5) is 11.7. The first kappa shape index (κ1) is 16.0. The molecule has 1 aromatic rings. The molecular weight excluding hydrogens is 288 g/mol. The van der Waals surface area contributed by atoms with Gasteiger partial charge in [0, 0.05) is 11.1 Å². The van der Waals surface area contributed by atoms with Crippen molar-refractivity contribution in [3.63, 3.8) is 0 Å². The summed E-state index contributed by atoms with van der Waals surface area (Å²) in [5, 5.41) is 6.57. The lowest BCUT2D eigenvalue weighted by atomic mass is 10.1. The van der Waals surface area contributed by atoms with Gasteiger partial charge < -0.3 is 15.4 Å². The van der Waals surface area contributed by atoms with Crippen LogP contribution < -0.4 is 15.4 Å². The maximum absolute atomic E-state index is 11.7. The molecule has 1 saturated carbocycles. The molecule has 2 rings (SSSR count). The molecule has 1 aromatic carbocycles. The summed E-state index contributed by atoms with van der Waals surface area (Å²) in [6.07, 6.45) is 4.60. The van der Waals surface area contributed by atoms with Crippen molar-refractivity contribution in [1.29, 1.82) is 0 Å². The molecule has 0 atom stereocenters. The molecule has 5 heteroatoms. The molecule has 0 unspecified atom stereocenters. The molecule has 0 heterocycles. The van der Waals surface area contributed by atoms with Crippen molar-refractivity contribution in [3.05, 3.63) is 28.3 Å². The summed E-state index contributed by atoms with van der Waals surface area (Å²) in [6, 6.07) is 4.06. The summed E-state index contributed by atoms with van der Waals surface area (Å²) in [5.74, 6) is 0.785. The maximum Gasteiger partial charge on any atom is 0.315 e. The molecule has 21 heavy (non-hydrogen) atoms. The van der Waals surface area contributed by atoms with Crippen LogP contribution in [0.3, 0.4) is 0 Å². The van der Waals surface area contributed by atoms with E-state index in [-0.39, 0.29) is 6.03 Å². The SMILES string of the molecule is Cc1cc(OCCNC(=O)NC2CCCC2)cc(C)c1Cl. The molecule has 4 nitrogen and oxygen atoms in total. The highest BCUT2D eigenvalue weighted by Gasteiger charge is 2.16. The summed E-state index contributed by atoms with van der Waals surface area (Å²) in [6.45, 7) is 4.84. The molecule has 1 aliphatic carbocycles. The summed E-state index contributed by atoms with van der Waals surface area (Å²) >= 11 is 6.11. The van der Waals surface area contributed by atoms with Gasteiger partial charge in [0.25, 0.3) is 0 Å². The first-order chi connectivity index (χ1) is 10.1. The lowest BCUT2D eigenvalue weighted by molar-refractivity contribution is 0.233. The van der Waals surface area contributed by atoms with Crippen molar-refractivity contribution >= 4 is 17.6 Å². The number of nitrogens with one attached hydrogen (secondary N) is 2. The minimum absolute atomic E-state index is 0.103.